The maximum atomic E-state index is 10.5. The summed E-state index contributed by atoms with van der Waals surface area (Å²) in [6.07, 6.45) is -4.33. The van der Waals surface area contributed by atoms with Crippen molar-refractivity contribution >= 4 is 24.8 Å². The Balaban J connectivity index is 0.00000156. The van der Waals surface area contributed by atoms with Gasteiger partial charge in [-0.25, -0.2) is 9.97 Å². The van der Waals surface area contributed by atoms with Gasteiger partial charge in [-0.1, -0.05) is 5.21 Å². The smallest absolute Gasteiger partial charge is 0.790 e. The third kappa shape index (κ3) is 4.96. The fourth-order valence-corrected chi connectivity index (χ4v) is 2.52. The first-order valence-corrected chi connectivity index (χ1v) is 7.73. The number of phosphoric ester groups is 1. The number of hydrogen-bond donors (Lipinski definition) is 3. The summed E-state index contributed by atoms with van der Waals surface area (Å²) in [6, 6.07) is 0. The van der Waals surface area contributed by atoms with Crippen LogP contribution in [0.25, 0.3) is 11.2 Å². The third-order valence-corrected chi connectivity index (χ3v) is 3.73. The van der Waals surface area contributed by atoms with E-state index in [1.807, 2.05) is 0 Å². The summed E-state index contributed by atoms with van der Waals surface area (Å²) in [6.45, 7) is -0.747. The molecule has 0 spiro atoms. The first kappa shape index (κ1) is 23.3. The van der Waals surface area contributed by atoms with Crippen LogP contribution in [0.3, 0.4) is 0 Å². The first-order valence-electron chi connectivity index (χ1n) is 6.27. The van der Waals surface area contributed by atoms with Crippen LogP contribution in [0.4, 0.5) is 5.82 Å². The predicted octanol–water partition coefficient (Wildman–Crippen LogP) is -9.72. The van der Waals surface area contributed by atoms with Gasteiger partial charge in [0.05, 0.1) is 14.4 Å². The average molecular weight is 392 g/mol. The van der Waals surface area contributed by atoms with E-state index in [4.69, 9.17) is 10.5 Å². The molecule has 0 aromatic carbocycles. The van der Waals surface area contributed by atoms with Gasteiger partial charge in [0.2, 0.25) is 0 Å². The molecule has 0 amide bonds. The van der Waals surface area contributed by atoms with Crippen LogP contribution < -0.4 is 74.6 Å². The Morgan fingerprint density at radius 3 is 2.64 bits per heavy atom. The number of phosphoric acid groups is 1. The summed E-state index contributed by atoms with van der Waals surface area (Å²) in [7, 11) is -5.23. The van der Waals surface area contributed by atoms with Crippen molar-refractivity contribution in [2.75, 3.05) is 12.3 Å². The second-order valence-electron chi connectivity index (χ2n) is 4.75. The van der Waals surface area contributed by atoms with E-state index in [9.17, 15) is 24.6 Å². The van der Waals surface area contributed by atoms with Gasteiger partial charge in [0.1, 0.15) is 24.6 Å². The number of ether oxygens (including phenoxy) is 1. The van der Waals surface area contributed by atoms with Crippen molar-refractivity contribution in [3.8, 4) is 0 Å². The molecule has 0 saturated carbocycles. The van der Waals surface area contributed by atoms with Gasteiger partial charge in [-0.3, -0.25) is 0 Å². The van der Waals surface area contributed by atoms with Crippen molar-refractivity contribution in [1.82, 2.24) is 25.0 Å². The molecule has 0 unspecified atom stereocenters. The molecule has 1 aliphatic heterocycles. The summed E-state index contributed by atoms with van der Waals surface area (Å²) < 4.78 is 20.9. The van der Waals surface area contributed by atoms with Crippen LogP contribution in [-0.2, 0) is 13.8 Å². The predicted molar refractivity (Wildman–Crippen MR) is 67.0 cm³/mol. The number of rotatable bonds is 4. The van der Waals surface area contributed by atoms with Gasteiger partial charge in [0, 0.05) is 0 Å². The molecule has 0 radical (unpaired) electrons. The van der Waals surface area contributed by atoms with Gasteiger partial charge in [0.15, 0.2) is 23.2 Å². The van der Waals surface area contributed by atoms with E-state index in [-0.39, 0.29) is 76.1 Å². The zero-order valence-electron chi connectivity index (χ0n) is 13.3. The minimum atomic E-state index is -5.23. The van der Waals surface area contributed by atoms with E-state index in [1.54, 1.807) is 0 Å². The van der Waals surface area contributed by atoms with Crippen LogP contribution in [0.15, 0.2) is 6.33 Å². The summed E-state index contributed by atoms with van der Waals surface area (Å²) in [5.41, 5.74) is 5.93. The Morgan fingerprint density at radius 2 is 2.00 bits per heavy atom. The SMILES string of the molecule is Nc1ncnc2c1nnn2[C@@H]1O[C@H](COP(=O)([O-])[O-])[C@@H](O)[C@H]1O.[Na+].[Na+]. The van der Waals surface area contributed by atoms with Gasteiger partial charge < -0.3 is 39.6 Å². The van der Waals surface area contributed by atoms with E-state index in [2.05, 4.69) is 24.8 Å². The molecule has 16 heteroatoms. The monoisotopic (exact) mass is 392 g/mol. The molecule has 1 aliphatic rings. The number of nitrogens with zero attached hydrogens (tertiary/aromatic N) is 5. The van der Waals surface area contributed by atoms with Crippen LogP contribution >= 0.6 is 7.82 Å². The van der Waals surface area contributed by atoms with E-state index in [0.717, 1.165) is 11.0 Å². The molecule has 25 heavy (non-hydrogen) atoms. The summed E-state index contributed by atoms with van der Waals surface area (Å²) in [5.74, 6) is 0.0628. The topological polar surface area (TPSA) is 205 Å². The number of aromatic nitrogens is 5. The second kappa shape index (κ2) is 8.97. The average Bonchev–Trinajstić information content (AvgIpc) is 3.01. The van der Waals surface area contributed by atoms with Crippen LogP contribution in [0.2, 0.25) is 0 Å². The van der Waals surface area contributed by atoms with Gasteiger partial charge >= 0.3 is 59.1 Å². The zero-order chi connectivity index (χ0) is 16.8. The third-order valence-electron chi connectivity index (χ3n) is 3.26. The number of nitrogen functional groups attached to an aromatic ring is 1. The summed E-state index contributed by atoms with van der Waals surface area (Å²) in [5, 5.41) is 27.4. The van der Waals surface area contributed by atoms with Gasteiger partial charge in [-0.15, -0.1) is 5.10 Å². The first-order chi connectivity index (χ1) is 10.8. The molecule has 126 valence electrons. The Hall–Kier alpha value is 0.270. The number of aliphatic hydroxyl groups is 2. The molecule has 0 bridgehead atoms. The Morgan fingerprint density at radius 1 is 1.32 bits per heavy atom. The molecule has 1 saturated heterocycles. The molecule has 13 nitrogen and oxygen atoms in total. The molecule has 1 fully saturated rings. The standard InChI is InChI=1S/C9H13N6O7P.2Na/c10-7-4-8(12-2-11-7)15(14-13-4)9-6(17)5(16)3(22-9)1-21-23(18,19)20;;/h2-3,5-6,9,16-17H,1H2,(H2,10,11,12)(H2,18,19,20);;/q;2*+1/p-2/t3-,5-,6-,9-;;/m1../s1. The van der Waals surface area contributed by atoms with Crippen molar-refractivity contribution in [3.05, 3.63) is 6.33 Å². The fraction of sp³-hybridized carbons (Fsp3) is 0.556. The molecular weight excluding hydrogens is 381 g/mol. The van der Waals surface area contributed by atoms with Crippen molar-refractivity contribution in [3.63, 3.8) is 0 Å². The summed E-state index contributed by atoms with van der Waals surface area (Å²) >= 11 is 0. The van der Waals surface area contributed by atoms with Gasteiger partial charge in [-0.2, -0.15) is 4.68 Å². The van der Waals surface area contributed by atoms with Crippen molar-refractivity contribution < 1.29 is 92.9 Å². The molecule has 0 aliphatic carbocycles. The van der Waals surface area contributed by atoms with Gasteiger partial charge in [-0.05, 0) is 0 Å². The van der Waals surface area contributed by atoms with Gasteiger partial charge in [0.25, 0.3) is 0 Å². The Labute approximate surface area is 184 Å². The molecule has 3 rings (SSSR count). The maximum Gasteiger partial charge on any atom is 1.00 e. The van der Waals surface area contributed by atoms with Crippen LogP contribution in [0.1, 0.15) is 6.23 Å². The Kier molecular flexibility index (Phi) is 8.37. The number of anilines is 1. The van der Waals surface area contributed by atoms with Crippen molar-refractivity contribution in [1.29, 1.82) is 0 Å². The van der Waals surface area contributed by atoms with Crippen molar-refractivity contribution in [2.24, 2.45) is 0 Å². The second-order valence-corrected chi connectivity index (χ2v) is 5.91. The normalized spacial score (nSPS) is 26.2. The summed E-state index contributed by atoms with van der Waals surface area (Å²) in [4.78, 5) is 28.6. The molecular formula is C9H11N6Na2O7P. The maximum absolute atomic E-state index is 10.5. The number of nitrogens with two attached hydrogens (primary N) is 1. The Bertz CT molecular complexity index is 774. The van der Waals surface area contributed by atoms with Crippen LogP contribution in [0, 0.1) is 0 Å². The molecule has 2 aromatic heterocycles. The largest absolute Gasteiger partial charge is 1.00 e. The molecule has 2 aromatic rings. The van der Waals surface area contributed by atoms with Crippen molar-refractivity contribution in [2.45, 2.75) is 24.5 Å². The van der Waals surface area contributed by atoms with Crippen LogP contribution in [-0.4, -0.2) is 60.1 Å². The quantitative estimate of drug-likeness (QED) is 0.328. The zero-order valence-corrected chi connectivity index (χ0v) is 18.2. The molecule has 3 heterocycles. The van der Waals surface area contributed by atoms with Crippen LogP contribution in [0.5, 0.6) is 0 Å². The minimum absolute atomic E-state index is 0. The number of aliphatic hydroxyl groups excluding tert-OH is 2. The number of hydrogen-bond acceptors (Lipinski definition) is 12. The molecule has 4 atom stereocenters. The van der Waals surface area contributed by atoms with E-state index in [0.29, 0.717) is 0 Å². The van der Waals surface area contributed by atoms with E-state index >= 15 is 0 Å². The minimum Gasteiger partial charge on any atom is -0.790 e. The fourth-order valence-electron chi connectivity index (χ4n) is 2.19. The van der Waals surface area contributed by atoms with E-state index < -0.39 is 39.0 Å². The molecule has 4 N–H and O–H groups in total. The number of fused-ring (bicyclic) bond motifs is 1. The van der Waals surface area contributed by atoms with E-state index in [1.165, 1.54) is 0 Å².